The minimum absolute atomic E-state index is 0.793. The van der Waals surface area contributed by atoms with E-state index >= 15 is 0 Å². The predicted molar refractivity (Wildman–Crippen MR) is 86.3 cm³/mol. The van der Waals surface area contributed by atoms with Crippen LogP contribution in [0.3, 0.4) is 0 Å². The molecule has 0 aliphatic rings. The van der Waals surface area contributed by atoms with Gasteiger partial charge in [-0.1, -0.05) is 13.8 Å². The van der Waals surface area contributed by atoms with Crippen molar-refractivity contribution in [3.05, 3.63) is 12.0 Å². The van der Waals surface area contributed by atoms with Crippen LogP contribution in [0.25, 0.3) is 11.0 Å². The van der Waals surface area contributed by atoms with Gasteiger partial charge in [0.1, 0.15) is 11.6 Å². The number of nitrogens with zero attached hydrogens (tertiary/aromatic N) is 5. The molecule has 21 heavy (non-hydrogen) atoms. The van der Waals surface area contributed by atoms with Crippen molar-refractivity contribution in [2.24, 2.45) is 7.05 Å². The van der Waals surface area contributed by atoms with Crippen molar-refractivity contribution in [3.63, 3.8) is 0 Å². The molecule has 0 saturated carbocycles. The normalized spacial score (nSPS) is 11.5. The van der Waals surface area contributed by atoms with Crippen LogP contribution in [0.15, 0.2) is 6.20 Å². The molecule has 0 unspecified atom stereocenters. The molecule has 6 nitrogen and oxygen atoms in total. The molecule has 0 aromatic carbocycles. The van der Waals surface area contributed by atoms with Crippen LogP contribution in [0.2, 0.25) is 0 Å². The van der Waals surface area contributed by atoms with Crippen molar-refractivity contribution in [1.29, 1.82) is 0 Å². The Balaban J connectivity index is 2.32. The van der Waals surface area contributed by atoms with E-state index in [1.807, 2.05) is 17.9 Å². The lowest BCUT2D eigenvalue weighted by atomic mass is 10.3. The molecule has 2 rings (SSSR count). The summed E-state index contributed by atoms with van der Waals surface area (Å²) in [6.07, 6.45) is 4.12. The Morgan fingerprint density at radius 3 is 2.48 bits per heavy atom. The van der Waals surface area contributed by atoms with Gasteiger partial charge in [0.25, 0.3) is 0 Å². The molecule has 116 valence electrons. The lowest BCUT2D eigenvalue weighted by Crippen LogP contribution is -2.26. The van der Waals surface area contributed by atoms with Gasteiger partial charge in [0.15, 0.2) is 5.65 Å². The Hall–Kier alpha value is -1.69. The van der Waals surface area contributed by atoms with Gasteiger partial charge in [-0.15, -0.1) is 0 Å². The molecule has 0 atom stereocenters. The third-order valence-corrected chi connectivity index (χ3v) is 3.43. The summed E-state index contributed by atoms with van der Waals surface area (Å²) in [6, 6.07) is 0. The van der Waals surface area contributed by atoms with Crippen LogP contribution in [-0.4, -0.2) is 44.3 Å². The molecule has 0 amide bonds. The van der Waals surface area contributed by atoms with E-state index in [1.54, 1.807) is 0 Å². The number of aromatic nitrogens is 4. The molecule has 0 aliphatic carbocycles. The number of aryl methyl sites for hydroxylation is 1. The number of anilines is 1. The van der Waals surface area contributed by atoms with Gasteiger partial charge in [-0.05, 0) is 32.9 Å². The third kappa shape index (κ3) is 3.69. The maximum atomic E-state index is 4.69. The largest absolute Gasteiger partial charge is 0.370 e. The van der Waals surface area contributed by atoms with Crippen molar-refractivity contribution in [1.82, 2.24) is 24.6 Å². The van der Waals surface area contributed by atoms with Gasteiger partial charge in [-0.25, -0.2) is 9.97 Å². The Kier molecular flexibility index (Phi) is 5.50. The molecule has 2 heterocycles. The molecule has 0 saturated heterocycles. The first-order chi connectivity index (χ1) is 10.2. The van der Waals surface area contributed by atoms with Crippen LogP contribution in [0, 0.1) is 0 Å². The highest BCUT2D eigenvalue weighted by atomic mass is 15.3. The highest BCUT2D eigenvalue weighted by molar-refractivity contribution is 5.86. The second kappa shape index (κ2) is 7.36. The monoisotopic (exact) mass is 290 g/mol. The average Bonchev–Trinajstić information content (AvgIpc) is 2.82. The zero-order chi connectivity index (χ0) is 15.2. The number of hydrogen-bond acceptors (Lipinski definition) is 5. The Morgan fingerprint density at radius 1 is 1.14 bits per heavy atom. The van der Waals surface area contributed by atoms with Gasteiger partial charge in [-0.3, -0.25) is 9.58 Å². The highest BCUT2D eigenvalue weighted by Gasteiger charge is 2.13. The van der Waals surface area contributed by atoms with Crippen LogP contribution in [0.1, 0.15) is 39.4 Å². The van der Waals surface area contributed by atoms with E-state index in [4.69, 9.17) is 4.98 Å². The molecule has 6 heteroatoms. The van der Waals surface area contributed by atoms with Gasteiger partial charge in [0.05, 0.1) is 18.1 Å². The standard InChI is InChI=1S/C15H26N6/c1-5-8-21(9-6-2)11-13-18-14(16-7-3)12-10-17-20(4)15(12)19-13/h10H,5-9,11H2,1-4H3,(H,16,18,19). The summed E-state index contributed by atoms with van der Waals surface area (Å²) in [5.74, 6) is 1.75. The minimum atomic E-state index is 0.793. The first-order valence-corrected chi connectivity index (χ1v) is 7.84. The molecule has 2 aromatic rings. The molecule has 0 fully saturated rings. The quantitative estimate of drug-likeness (QED) is 0.809. The second-order valence-corrected chi connectivity index (χ2v) is 5.30. The molecule has 2 aromatic heterocycles. The number of nitrogens with one attached hydrogen (secondary N) is 1. The Bertz CT molecular complexity index is 571. The van der Waals surface area contributed by atoms with Crippen molar-refractivity contribution < 1.29 is 0 Å². The van der Waals surface area contributed by atoms with Crippen LogP contribution in [0.5, 0.6) is 0 Å². The molecule has 0 aliphatic heterocycles. The first-order valence-electron chi connectivity index (χ1n) is 7.84. The lowest BCUT2D eigenvalue weighted by Gasteiger charge is -2.20. The predicted octanol–water partition coefficient (Wildman–Crippen LogP) is 2.42. The average molecular weight is 290 g/mol. The van der Waals surface area contributed by atoms with Crippen LogP contribution in [-0.2, 0) is 13.6 Å². The van der Waals surface area contributed by atoms with Crippen molar-refractivity contribution in [3.8, 4) is 0 Å². The van der Waals surface area contributed by atoms with Gasteiger partial charge >= 0.3 is 0 Å². The number of hydrogen-bond donors (Lipinski definition) is 1. The van der Waals surface area contributed by atoms with E-state index in [1.165, 1.54) is 0 Å². The van der Waals surface area contributed by atoms with E-state index in [0.717, 1.165) is 61.7 Å². The SMILES string of the molecule is CCCN(CCC)Cc1nc(NCC)c2cnn(C)c2n1. The lowest BCUT2D eigenvalue weighted by molar-refractivity contribution is 0.260. The highest BCUT2D eigenvalue weighted by Crippen LogP contribution is 2.20. The molecule has 1 N–H and O–H groups in total. The van der Waals surface area contributed by atoms with Crippen LogP contribution < -0.4 is 5.32 Å². The summed E-state index contributed by atoms with van der Waals surface area (Å²) in [5.41, 5.74) is 0.892. The third-order valence-electron chi connectivity index (χ3n) is 3.43. The topological polar surface area (TPSA) is 58.9 Å². The summed E-state index contributed by atoms with van der Waals surface area (Å²) < 4.78 is 1.81. The zero-order valence-electron chi connectivity index (χ0n) is 13.6. The van der Waals surface area contributed by atoms with E-state index in [9.17, 15) is 0 Å². The van der Waals surface area contributed by atoms with Crippen molar-refractivity contribution in [2.75, 3.05) is 25.0 Å². The fraction of sp³-hybridized carbons (Fsp3) is 0.667. The molecule has 0 bridgehead atoms. The van der Waals surface area contributed by atoms with Gasteiger partial charge in [0, 0.05) is 13.6 Å². The van der Waals surface area contributed by atoms with E-state index in [0.29, 0.717) is 0 Å². The summed E-state index contributed by atoms with van der Waals surface area (Å²) in [6.45, 7) is 10.3. The molecule has 0 radical (unpaired) electrons. The van der Waals surface area contributed by atoms with Gasteiger partial charge in [0.2, 0.25) is 0 Å². The smallest absolute Gasteiger partial charge is 0.163 e. The fourth-order valence-electron chi connectivity index (χ4n) is 2.54. The number of fused-ring (bicyclic) bond motifs is 1. The van der Waals surface area contributed by atoms with Gasteiger partial charge in [-0.2, -0.15) is 5.10 Å². The van der Waals surface area contributed by atoms with Gasteiger partial charge < -0.3 is 5.32 Å². The summed E-state index contributed by atoms with van der Waals surface area (Å²) in [7, 11) is 1.92. The first kappa shape index (κ1) is 15.7. The maximum Gasteiger partial charge on any atom is 0.163 e. The van der Waals surface area contributed by atoms with Crippen LogP contribution >= 0.6 is 0 Å². The number of rotatable bonds is 8. The van der Waals surface area contributed by atoms with Crippen molar-refractivity contribution >= 4 is 16.9 Å². The summed E-state index contributed by atoms with van der Waals surface area (Å²) in [4.78, 5) is 11.8. The zero-order valence-corrected chi connectivity index (χ0v) is 13.6. The van der Waals surface area contributed by atoms with E-state index < -0.39 is 0 Å². The molecular formula is C15H26N6. The van der Waals surface area contributed by atoms with Crippen molar-refractivity contribution in [2.45, 2.75) is 40.2 Å². The summed E-state index contributed by atoms with van der Waals surface area (Å²) >= 11 is 0. The minimum Gasteiger partial charge on any atom is -0.370 e. The molecule has 0 spiro atoms. The summed E-state index contributed by atoms with van der Waals surface area (Å²) in [5, 5.41) is 8.60. The molecular weight excluding hydrogens is 264 g/mol. The second-order valence-electron chi connectivity index (χ2n) is 5.30. The maximum absolute atomic E-state index is 4.69. The Labute approximate surface area is 126 Å². The fourth-order valence-corrected chi connectivity index (χ4v) is 2.54. The van der Waals surface area contributed by atoms with E-state index in [2.05, 4.69) is 41.1 Å². The Morgan fingerprint density at radius 2 is 1.86 bits per heavy atom. The van der Waals surface area contributed by atoms with E-state index in [-0.39, 0.29) is 0 Å². The van der Waals surface area contributed by atoms with Crippen LogP contribution in [0.4, 0.5) is 5.82 Å².